The molecule has 0 amide bonds. The fourth-order valence-electron chi connectivity index (χ4n) is 2.42. The summed E-state index contributed by atoms with van der Waals surface area (Å²) in [5.74, 6) is 2.58. The van der Waals surface area contributed by atoms with E-state index in [1.807, 2.05) is 6.07 Å². The predicted octanol–water partition coefficient (Wildman–Crippen LogP) is 3.52. The smallest absolute Gasteiger partial charge is 0.136 e. The molecule has 1 saturated carbocycles. The first kappa shape index (κ1) is 15.2. The highest BCUT2D eigenvalue weighted by molar-refractivity contribution is 5.38. The molecule has 4 nitrogen and oxygen atoms in total. The predicted molar refractivity (Wildman–Crippen MR) is 81.9 cm³/mol. The van der Waals surface area contributed by atoms with Crippen LogP contribution in [0.15, 0.2) is 6.07 Å². The first-order valence-electron chi connectivity index (χ1n) is 7.54. The number of nitrogens with one attached hydrogen (secondary N) is 1. The molecule has 1 unspecified atom stereocenters. The van der Waals surface area contributed by atoms with Gasteiger partial charge in [-0.1, -0.05) is 27.2 Å². The van der Waals surface area contributed by atoms with E-state index >= 15 is 0 Å². The van der Waals surface area contributed by atoms with Crippen molar-refractivity contribution in [3.8, 4) is 0 Å². The second-order valence-corrected chi connectivity index (χ2v) is 6.88. The third-order valence-electron chi connectivity index (χ3n) is 3.97. The molecule has 1 aliphatic rings. The van der Waals surface area contributed by atoms with E-state index in [1.54, 1.807) is 7.11 Å². The third kappa shape index (κ3) is 3.69. The second-order valence-electron chi connectivity index (χ2n) is 6.88. The highest BCUT2D eigenvalue weighted by atomic mass is 16.5. The maximum absolute atomic E-state index is 5.22. The van der Waals surface area contributed by atoms with Crippen LogP contribution in [0.3, 0.4) is 0 Å². The number of aromatic nitrogens is 2. The van der Waals surface area contributed by atoms with E-state index in [4.69, 9.17) is 4.74 Å². The fraction of sp³-hybridized carbons (Fsp3) is 0.750. The van der Waals surface area contributed by atoms with E-state index in [9.17, 15) is 0 Å². The lowest BCUT2D eigenvalue weighted by Gasteiger charge is -2.32. The summed E-state index contributed by atoms with van der Waals surface area (Å²) in [5.41, 5.74) is 0.885. The maximum atomic E-state index is 5.22. The molecule has 0 aromatic carbocycles. The lowest BCUT2D eigenvalue weighted by Crippen LogP contribution is -2.31. The summed E-state index contributed by atoms with van der Waals surface area (Å²) >= 11 is 0. The third-order valence-corrected chi connectivity index (χ3v) is 3.97. The van der Waals surface area contributed by atoms with E-state index in [2.05, 4.69) is 43.0 Å². The highest BCUT2D eigenvalue weighted by Crippen LogP contribution is 2.31. The van der Waals surface area contributed by atoms with Gasteiger partial charge in [0.25, 0.3) is 0 Å². The van der Waals surface area contributed by atoms with E-state index in [0.717, 1.165) is 23.3 Å². The summed E-state index contributed by atoms with van der Waals surface area (Å²) in [5, 5.41) is 3.55. The molecule has 1 aromatic heterocycles. The summed E-state index contributed by atoms with van der Waals surface area (Å²) < 4.78 is 5.22. The Balaban J connectivity index is 2.19. The topological polar surface area (TPSA) is 47.0 Å². The van der Waals surface area contributed by atoms with Crippen molar-refractivity contribution in [3.05, 3.63) is 17.6 Å². The van der Waals surface area contributed by atoms with E-state index in [0.29, 0.717) is 12.6 Å². The molecule has 0 bridgehead atoms. The van der Waals surface area contributed by atoms with Crippen LogP contribution < -0.4 is 5.32 Å². The van der Waals surface area contributed by atoms with Crippen molar-refractivity contribution in [1.29, 1.82) is 0 Å². The Morgan fingerprint density at radius 2 is 2.05 bits per heavy atom. The Hall–Kier alpha value is -1.16. The standard InChI is InChI=1S/C16H27N3O/c1-11(12-7-6-8-12)17-14-9-13(10-20-5)18-15(19-14)16(2,3)4/h9,11-12H,6-8,10H2,1-5H3,(H,17,18,19). The molecule has 0 saturated heterocycles. The number of methoxy groups -OCH3 is 1. The van der Waals surface area contributed by atoms with Gasteiger partial charge in [0.05, 0.1) is 12.3 Å². The monoisotopic (exact) mass is 277 g/mol. The molecule has 20 heavy (non-hydrogen) atoms. The van der Waals surface area contributed by atoms with Gasteiger partial charge in [-0.15, -0.1) is 0 Å². The zero-order valence-corrected chi connectivity index (χ0v) is 13.4. The first-order valence-corrected chi connectivity index (χ1v) is 7.54. The minimum atomic E-state index is -0.0557. The Morgan fingerprint density at radius 1 is 1.35 bits per heavy atom. The van der Waals surface area contributed by atoms with E-state index in [-0.39, 0.29) is 5.41 Å². The van der Waals surface area contributed by atoms with E-state index < -0.39 is 0 Å². The Morgan fingerprint density at radius 3 is 2.55 bits per heavy atom. The molecule has 2 rings (SSSR count). The second kappa shape index (κ2) is 6.08. The van der Waals surface area contributed by atoms with Gasteiger partial charge in [-0.2, -0.15) is 0 Å². The lowest BCUT2D eigenvalue weighted by molar-refractivity contribution is 0.181. The van der Waals surface area contributed by atoms with Crippen molar-refractivity contribution in [2.24, 2.45) is 5.92 Å². The number of hydrogen-bond acceptors (Lipinski definition) is 4. The van der Waals surface area contributed by atoms with Gasteiger partial charge in [0.15, 0.2) is 0 Å². The zero-order valence-electron chi connectivity index (χ0n) is 13.4. The number of rotatable bonds is 5. The van der Waals surface area contributed by atoms with Gasteiger partial charge in [-0.3, -0.25) is 0 Å². The first-order chi connectivity index (χ1) is 9.40. The van der Waals surface area contributed by atoms with Crippen LogP contribution in [-0.2, 0) is 16.8 Å². The molecular formula is C16H27N3O. The van der Waals surface area contributed by atoms with Crippen LogP contribution in [0.4, 0.5) is 5.82 Å². The van der Waals surface area contributed by atoms with Crippen molar-refractivity contribution in [1.82, 2.24) is 9.97 Å². The largest absolute Gasteiger partial charge is 0.378 e. The molecule has 0 spiro atoms. The molecule has 1 N–H and O–H groups in total. The zero-order chi connectivity index (χ0) is 14.8. The van der Waals surface area contributed by atoms with Crippen LogP contribution in [0.5, 0.6) is 0 Å². The van der Waals surface area contributed by atoms with E-state index in [1.165, 1.54) is 19.3 Å². The van der Waals surface area contributed by atoms with Gasteiger partial charge >= 0.3 is 0 Å². The summed E-state index contributed by atoms with van der Waals surface area (Å²) in [6.45, 7) is 9.19. The number of nitrogens with zero attached hydrogens (tertiary/aromatic N) is 2. The van der Waals surface area contributed by atoms with Gasteiger partial charge < -0.3 is 10.1 Å². The average molecular weight is 277 g/mol. The minimum absolute atomic E-state index is 0.0557. The Kier molecular flexibility index (Phi) is 4.63. The summed E-state index contributed by atoms with van der Waals surface area (Å²) in [4.78, 5) is 9.29. The molecule has 112 valence electrons. The van der Waals surface area contributed by atoms with Gasteiger partial charge in [0.1, 0.15) is 11.6 Å². The number of hydrogen-bond donors (Lipinski definition) is 1. The van der Waals surface area contributed by atoms with Crippen LogP contribution in [0, 0.1) is 5.92 Å². The van der Waals surface area contributed by atoms with Crippen LogP contribution in [0.25, 0.3) is 0 Å². The molecule has 1 aliphatic carbocycles. The molecular weight excluding hydrogens is 250 g/mol. The Labute approximate surface area is 122 Å². The van der Waals surface area contributed by atoms with Gasteiger partial charge in [-0.25, -0.2) is 9.97 Å². The molecule has 4 heteroatoms. The molecule has 1 heterocycles. The van der Waals surface area contributed by atoms with Crippen molar-refractivity contribution in [3.63, 3.8) is 0 Å². The van der Waals surface area contributed by atoms with Gasteiger partial charge in [0, 0.05) is 24.6 Å². The van der Waals surface area contributed by atoms with Crippen molar-refractivity contribution in [2.45, 2.75) is 65.0 Å². The van der Waals surface area contributed by atoms with Crippen LogP contribution in [0.1, 0.15) is 58.5 Å². The molecule has 0 radical (unpaired) electrons. The molecule has 0 aliphatic heterocycles. The van der Waals surface area contributed by atoms with Crippen molar-refractivity contribution < 1.29 is 4.74 Å². The van der Waals surface area contributed by atoms with Crippen LogP contribution >= 0.6 is 0 Å². The minimum Gasteiger partial charge on any atom is -0.378 e. The molecule has 1 aromatic rings. The van der Waals surface area contributed by atoms with Crippen molar-refractivity contribution in [2.75, 3.05) is 12.4 Å². The summed E-state index contributed by atoms with van der Waals surface area (Å²) in [6, 6.07) is 2.48. The van der Waals surface area contributed by atoms with Gasteiger partial charge in [0.2, 0.25) is 0 Å². The highest BCUT2D eigenvalue weighted by Gasteiger charge is 2.25. The van der Waals surface area contributed by atoms with Crippen LogP contribution in [-0.4, -0.2) is 23.1 Å². The summed E-state index contributed by atoms with van der Waals surface area (Å²) in [6.07, 6.45) is 4.02. The SMILES string of the molecule is COCc1cc(NC(C)C2CCC2)nc(C(C)(C)C)n1. The maximum Gasteiger partial charge on any atom is 0.136 e. The number of ether oxygens (including phenoxy) is 1. The number of anilines is 1. The quantitative estimate of drug-likeness (QED) is 0.894. The van der Waals surface area contributed by atoms with Crippen LogP contribution in [0.2, 0.25) is 0 Å². The lowest BCUT2D eigenvalue weighted by atomic mass is 9.80. The Bertz CT molecular complexity index is 450. The fourth-order valence-corrected chi connectivity index (χ4v) is 2.42. The summed E-state index contributed by atoms with van der Waals surface area (Å²) in [7, 11) is 1.70. The van der Waals surface area contributed by atoms with Crippen molar-refractivity contribution >= 4 is 5.82 Å². The normalized spacial score (nSPS) is 17.6. The molecule has 1 atom stereocenters. The average Bonchev–Trinajstić information content (AvgIpc) is 2.25. The molecule has 1 fully saturated rings. The van der Waals surface area contributed by atoms with Gasteiger partial charge in [-0.05, 0) is 25.7 Å².